The Hall–Kier alpha value is -3.68. The average Bonchev–Trinajstić information content (AvgIpc) is 3.50. The Morgan fingerprint density at radius 1 is 1.09 bits per heavy atom. The molecule has 3 aromatic rings. The summed E-state index contributed by atoms with van der Waals surface area (Å²) in [5.41, 5.74) is 3.34. The summed E-state index contributed by atoms with van der Waals surface area (Å²) in [4.78, 5) is 23.1. The fourth-order valence-electron chi connectivity index (χ4n) is 3.96. The summed E-state index contributed by atoms with van der Waals surface area (Å²) in [7, 11) is 0. The summed E-state index contributed by atoms with van der Waals surface area (Å²) in [5.74, 6) is 1.30. The van der Waals surface area contributed by atoms with Crippen molar-refractivity contribution in [3.05, 3.63) is 78.4 Å². The molecule has 2 heterocycles. The predicted octanol–water partition coefficient (Wildman–Crippen LogP) is 2.41. The van der Waals surface area contributed by atoms with E-state index in [2.05, 4.69) is 39.8 Å². The summed E-state index contributed by atoms with van der Waals surface area (Å²) in [6, 6.07) is 18.4. The molecule has 0 spiro atoms. The van der Waals surface area contributed by atoms with Crippen molar-refractivity contribution in [2.45, 2.75) is 26.3 Å². The van der Waals surface area contributed by atoms with E-state index in [0.29, 0.717) is 18.9 Å². The number of nitrogens with one attached hydrogen (secondary N) is 2. The van der Waals surface area contributed by atoms with Gasteiger partial charge in [0.25, 0.3) is 0 Å². The first-order chi connectivity index (χ1) is 16.2. The van der Waals surface area contributed by atoms with Gasteiger partial charge in [-0.05, 0) is 36.6 Å². The maximum Gasteiger partial charge on any atom is 0.223 e. The van der Waals surface area contributed by atoms with Gasteiger partial charge in [-0.1, -0.05) is 42.5 Å². The number of carbonyl (C=O) groups excluding carboxylic acids is 1. The number of aromatic nitrogens is 3. The smallest absolute Gasteiger partial charge is 0.223 e. The van der Waals surface area contributed by atoms with Crippen LogP contribution in [0.1, 0.15) is 24.5 Å². The largest absolute Gasteiger partial charge is 0.357 e. The summed E-state index contributed by atoms with van der Waals surface area (Å²) >= 11 is 0. The van der Waals surface area contributed by atoms with Crippen LogP contribution in [0.5, 0.6) is 0 Å². The van der Waals surface area contributed by atoms with Crippen molar-refractivity contribution in [3.63, 3.8) is 0 Å². The second-order valence-electron chi connectivity index (χ2n) is 8.23. The van der Waals surface area contributed by atoms with Gasteiger partial charge in [-0.25, -0.2) is 14.7 Å². The minimum atomic E-state index is 0.243. The maximum atomic E-state index is 12.4. The minimum absolute atomic E-state index is 0.243. The lowest BCUT2D eigenvalue weighted by molar-refractivity contribution is -0.127. The highest BCUT2D eigenvalue weighted by atomic mass is 16.2. The van der Waals surface area contributed by atoms with Crippen LogP contribution in [0.2, 0.25) is 0 Å². The number of likely N-dealkylation sites (tertiary alicyclic amines) is 1. The number of hydrogen-bond acceptors (Lipinski definition) is 4. The van der Waals surface area contributed by atoms with Crippen molar-refractivity contribution in [3.8, 4) is 5.69 Å². The van der Waals surface area contributed by atoms with E-state index >= 15 is 0 Å². The first kappa shape index (κ1) is 22.5. The van der Waals surface area contributed by atoms with E-state index in [1.54, 1.807) is 11.0 Å². The van der Waals surface area contributed by atoms with Crippen LogP contribution in [-0.4, -0.2) is 57.7 Å². The number of rotatable bonds is 9. The molecule has 0 radical (unpaired) electrons. The van der Waals surface area contributed by atoms with Crippen molar-refractivity contribution in [1.82, 2.24) is 30.3 Å². The topological polar surface area (TPSA) is 87.4 Å². The van der Waals surface area contributed by atoms with E-state index in [4.69, 9.17) is 4.99 Å². The highest BCUT2D eigenvalue weighted by Crippen LogP contribution is 2.17. The van der Waals surface area contributed by atoms with E-state index in [-0.39, 0.29) is 5.91 Å². The zero-order chi connectivity index (χ0) is 22.9. The van der Waals surface area contributed by atoms with Gasteiger partial charge < -0.3 is 15.5 Å². The summed E-state index contributed by atoms with van der Waals surface area (Å²) < 4.78 is 1.73. The van der Waals surface area contributed by atoms with Crippen molar-refractivity contribution >= 4 is 11.9 Å². The second-order valence-corrected chi connectivity index (χ2v) is 8.23. The molecule has 1 atom stereocenters. The Balaban J connectivity index is 1.26. The third kappa shape index (κ3) is 6.41. The Kier molecular flexibility index (Phi) is 7.68. The molecule has 1 unspecified atom stereocenters. The molecule has 1 fully saturated rings. The molecule has 33 heavy (non-hydrogen) atoms. The molecule has 1 saturated heterocycles. The van der Waals surface area contributed by atoms with Gasteiger partial charge in [0.2, 0.25) is 5.91 Å². The molecule has 1 aliphatic rings. The van der Waals surface area contributed by atoms with Gasteiger partial charge in [0.05, 0.1) is 12.2 Å². The van der Waals surface area contributed by atoms with Crippen molar-refractivity contribution < 1.29 is 4.79 Å². The van der Waals surface area contributed by atoms with Crippen LogP contribution in [0.3, 0.4) is 0 Å². The van der Waals surface area contributed by atoms with Crippen LogP contribution < -0.4 is 10.6 Å². The van der Waals surface area contributed by atoms with Crippen molar-refractivity contribution in [2.24, 2.45) is 10.9 Å². The molecule has 8 nitrogen and oxygen atoms in total. The Bertz CT molecular complexity index is 1030. The monoisotopic (exact) mass is 445 g/mol. The van der Waals surface area contributed by atoms with Crippen molar-refractivity contribution in [1.29, 1.82) is 0 Å². The number of benzene rings is 2. The highest BCUT2D eigenvalue weighted by molar-refractivity contribution is 5.81. The van der Waals surface area contributed by atoms with Crippen LogP contribution >= 0.6 is 0 Å². The van der Waals surface area contributed by atoms with E-state index < -0.39 is 0 Å². The first-order valence-electron chi connectivity index (χ1n) is 11.5. The fraction of sp³-hybridized carbons (Fsp3) is 0.360. The molecule has 2 aromatic carbocycles. The number of amides is 1. The number of nitrogens with zero attached hydrogens (tertiary/aromatic N) is 5. The van der Waals surface area contributed by atoms with Gasteiger partial charge in [0, 0.05) is 38.5 Å². The molecular formula is C25H31N7O. The Morgan fingerprint density at radius 3 is 2.64 bits per heavy atom. The van der Waals surface area contributed by atoms with Crippen molar-refractivity contribution in [2.75, 3.05) is 26.2 Å². The number of hydrogen-bond donors (Lipinski definition) is 2. The Labute approximate surface area is 194 Å². The van der Waals surface area contributed by atoms with E-state index in [9.17, 15) is 4.79 Å². The zero-order valence-electron chi connectivity index (χ0n) is 19.0. The molecule has 8 heteroatoms. The molecule has 0 bridgehead atoms. The summed E-state index contributed by atoms with van der Waals surface area (Å²) in [5, 5.41) is 10.9. The van der Waals surface area contributed by atoms with Gasteiger partial charge in [-0.2, -0.15) is 5.10 Å². The Morgan fingerprint density at radius 2 is 1.91 bits per heavy atom. The van der Waals surface area contributed by atoms with Crippen LogP contribution in [0.25, 0.3) is 5.69 Å². The molecule has 0 saturated carbocycles. The van der Waals surface area contributed by atoms with Crippen LogP contribution in [-0.2, 0) is 17.8 Å². The quantitative estimate of drug-likeness (QED) is 0.390. The average molecular weight is 446 g/mol. The standard InChI is InChI=1S/C25H31N7O/c1-2-27-25(28-15-21-8-10-23(11-9-21)32-19-26-18-30-32)29-16-22-14-24(33)31(17-22)13-12-20-6-4-3-5-7-20/h3-11,18-19,22H,2,12-17H2,1H3,(H2,27,28,29). The second kappa shape index (κ2) is 11.3. The molecule has 2 N–H and O–H groups in total. The summed E-state index contributed by atoms with van der Waals surface area (Å²) in [6.45, 7) is 5.70. The van der Waals surface area contributed by atoms with E-state index in [1.807, 2.05) is 47.4 Å². The third-order valence-corrected chi connectivity index (χ3v) is 5.75. The molecule has 1 aliphatic heterocycles. The SMILES string of the molecule is CCNC(=NCc1ccc(-n2cncn2)cc1)NCC1CC(=O)N(CCc2ccccc2)C1. The van der Waals surface area contributed by atoms with Crippen LogP contribution in [0.15, 0.2) is 72.2 Å². The predicted molar refractivity (Wildman–Crippen MR) is 129 cm³/mol. The highest BCUT2D eigenvalue weighted by Gasteiger charge is 2.29. The maximum absolute atomic E-state index is 12.4. The molecule has 1 aromatic heterocycles. The normalized spacial score (nSPS) is 16.3. The number of carbonyl (C=O) groups is 1. The zero-order valence-corrected chi connectivity index (χ0v) is 19.0. The van der Waals surface area contributed by atoms with Crippen LogP contribution in [0, 0.1) is 5.92 Å². The number of guanidine groups is 1. The van der Waals surface area contributed by atoms with Gasteiger partial charge in [0.15, 0.2) is 5.96 Å². The fourth-order valence-corrected chi connectivity index (χ4v) is 3.96. The lowest BCUT2D eigenvalue weighted by Crippen LogP contribution is -2.40. The van der Waals surface area contributed by atoms with E-state index in [1.165, 1.54) is 11.9 Å². The lowest BCUT2D eigenvalue weighted by Gasteiger charge is -2.18. The lowest BCUT2D eigenvalue weighted by atomic mass is 10.1. The third-order valence-electron chi connectivity index (χ3n) is 5.75. The van der Waals surface area contributed by atoms with Gasteiger partial charge in [0.1, 0.15) is 12.7 Å². The van der Waals surface area contributed by atoms with Gasteiger partial charge in [-0.3, -0.25) is 4.79 Å². The first-order valence-corrected chi connectivity index (χ1v) is 11.5. The molecule has 172 valence electrons. The molecule has 0 aliphatic carbocycles. The minimum Gasteiger partial charge on any atom is -0.357 e. The van der Waals surface area contributed by atoms with Gasteiger partial charge >= 0.3 is 0 Å². The molecule has 4 rings (SSSR count). The van der Waals surface area contributed by atoms with Crippen LogP contribution in [0.4, 0.5) is 0 Å². The molecular weight excluding hydrogens is 414 g/mol. The molecule has 1 amide bonds. The van der Waals surface area contributed by atoms with Gasteiger partial charge in [-0.15, -0.1) is 0 Å². The number of aliphatic imine (C=N–C) groups is 1. The van der Waals surface area contributed by atoms with E-state index in [0.717, 1.165) is 49.8 Å². The summed E-state index contributed by atoms with van der Waals surface area (Å²) in [6.07, 6.45) is 4.68.